The van der Waals surface area contributed by atoms with Crippen LogP contribution in [0.2, 0.25) is 0 Å². The van der Waals surface area contributed by atoms with Crippen LogP contribution < -0.4 is 4.90 Å². The Morgan fingerprint density at radius 3 is 1.15 bits per heavy atom. The van der Waals surface area contributed by atoms with Gasteiger partial charge >= 0.3 is 0 Å². The third-order valence-electron chi connectivity index (χ3n) is 15.8. The van der Waals surface area contributed by atoms with Gasteiger partial charge in [-0.15, -0.1) is 0 Å². The predicted octanol–water partition coefficient (Wildman–Crippen LogP) is 17.0. The fourth-order valence-electron chi connectivity index (χ4n) is 12.8. The highest BCUT2D eigenvalue weighted by Crippen LogP contribution is 2.56. The van der Waals surface area contributed by atoms with Gasteiger partial charge in [0.25, 0.3) is 0 Å². The number of imidazole rings is 1. The van der Waals surface area contributed by atoms with Crippen molar-refractivity contribution in [2.45, 2.75) is 5.54 Å². The summed E-state index contributed by atoms with van der Waals surface area (Å²) in [6.45, 7) is 0. The first kappa shape index (κ1) is 40.8. The summed E-state index contributed by atoms with van der Waals surface area (Å²) < 4.78 is 9.82. The summed E-state index contributed by atoms with van der Waals surface area (Å²) in [6.07, 6.45) is 0. The number of benzene rings is 11. The van der Waals surface area contributed by atoms with E-state index < -0.39 is 5.54 Å². The molecule has 0 saturated heterocycles. The fourth-order valence-corrected chi connectivity index (χ4v) is 12.8. The Labute approximate surface area is 426 Å². The first-order chi connectivity index (χ1) is 36.7. The zero-order valence-corrected chi connectivity index (χ0v) is 40.1. The van der Waals surface area contributed by atoms with Gasteiger partial charge in [-0.1, -0.05) is 170 Å². The number of hydrogen-bond donors (Lipinski definition) is 0. The van der Waals surface area contributed by atoms with Crippen molar-refractivity contribution in [3.05, 3.63) is 284 Å². The molecule has 0 aliphatic carbocycles. The summed E-state index contributed by atoms with van der Waals surface area (Å²) in [4.78, 5) is 7.95. The van der Waals surface area contributed by atoms with Gasteiger partial charge in [-0.25, -0.2) is 4.98 Å². The molecular weight excluding hydrogens is 901 g/mol. The quantitative estimate of drug-likeness (QED) is 0.167. The molecule has 1 aliphatic rings. The molecule has 74 heavy (non-hydrogen) atoms. The molecule has 0 saturated carbocycles. The number of rotatable bonds is 6. The van der Waals surface area contributed by atoms with E-state index in [4.69, 9.17) is 4.98 Å². The molecule has 0 spiro atoms. The molecule has 0 fully saturated rings. The molecule has 16 rings (SSSR count). The van der Waals surface area contributed by atoms with E-state index in [0.29, 0.717) is 0 Å². The van der Waals surface area contributed by atoms with Crippen molar-refractivity contribution in [3.8, 4) is 17.1 Å². The highest BCUT2D eigenvalue weighted by molar-refractivity contribution is 6.14. The summed E-state index contributed by atoms with van der Waals surface area (Å²) in [6, 6.07) is 97.6. The molecule has 6 nitrogen and oxygen atoms in total. The van der Waals surface area contributed by atoms with Gasteiger partial charge in [-0.05, 0) is 108 Å². The van der Waals surface area contributed by atoms with Crippen molar-refractivity contribution >= 4 is 93.8 Å². The Balaban J connectivity index is 1.01. The average Bonchev–Trinajstić information content (AvgIpc) is 4.24. The van der Waals surface area contributed by atoms with Crippen LogP contribution >= 0.6 is 0 Å². The van der Waals surface area contributed by atoms with Crippen LogP contribution in [0.25, 0.3) is 93.5 Å². The van der Waals surface area contributed by atoms with E-state index in [0.717, 1.165) is 73.1 Å². The molecule has 0 atom stereocenters. The normalized spacial score (nSPS) is 13.2. The SMILES string of the molecule is c1ccc(N2c3cc(-n4c5ccc(-n6c7ccccc7c7ccccc76)cc5c5cc(-n6c7ccccc7c7ccccc76)ccc54)ccc3C(c3ccccc3)(c3ccccc3)n3c2nc2ccccc23)cc1. The van der Waals surface area contributed by atoms with Crippen molar-refractivity contribution in [1.82, 2.24) is 23.3 Å². The van der Waals surface area contributed by atoms with E-state index in [1.807, 2.05) is 0 Å². The van der Waals surface area contributed by atoms with Crippen LogP contribution in [-0.4, -0.2) is 23.3 Å². The van der Waals surface area contributed by atoms with Gasteiger partial charge < -0.3 is 13.7 Å². The molecule has 1 aliphatic heterocycles. The van der Waals surface area contributed by atoms with Crippen molar-refractivity contribution in [3.63, 3.8) is 0 Å². The maximum atomic E-state index is 5.58. The van der Waals surface area contributed by atoms with E-state index in [9.17, 15) is 0 Å². The lowest BCUT2D eigenvalue weighted by molar-refractivity contribution is 0.520. The summed E-state index contributed by atoms with van der Waals surface area (Å²) in [5, 5.41) is 7.31. The smallest absolute Gasteiger partial charge is 0.217 e. The van der Waals surface area contributed by atoms with Crippen LogP contribution in [0.15, 0.2) is 267 Å². The summed E-state index contributed by atoms with van der Waals surface area (Å²) in [5.74, 6) is 0.851. The third kappa shape index (κ3) is 5.56. The van der Waals surface area contributed by atoms with Crippen molar-refractivity contribution in [1.29, 1.82) is 0 Å². The summed E-state index contributed by atoms with van der Waals surface area (Å²) in [7, 11) is 0. The van der Waals surface area contributed by atoms with Crippen molar-refractivity contribution in [2.75, 3.05) is 4.90 Å². The van der Waals surface area contributed by atoms with Crippen LogP contribution in [0.1, 0.15) is 16.7 Å². The van der Waals surface area contributed by atoms with E-state index in [-0.39, 0.29) is 0 Å². The average molecular weight is 945 g/mol. The Bertz CT molecular complexity index is 4410. The fraction of sp³-hybridized carbons (Fsp3) is 0.0147. The van der Waals surface area contributed by atoms with Crippen LogP contribution in [-0.2, 0) is 5.54 Å². The first-order valence-corrected chi connectivity index (χ1v) is 25.4. The topological polar surface area (TPSA) is 35.9 Å². The lowest BCUT2D eigenvalue weighted by atomic mass is 9.74. The van der Waals surface area contributed by atoms with Gasteiger partial charge in [0.15, 0.2) is 0 Å². The lowest BCUT2D eigenvalue weighted by Gasteiger charge is -2.46. The summed E-state index contributed by atoms with van der Waals surface area (Å²) >= 11 is 0. The number of para-hydroxylation sites is 7. The van der Waals surface area contributed by atoms with E-state index in [1.54, 1.807) is 0 Å². The highest BCUT2D eigenvalue weighted by atomic mass is 15.4. The predicted molar refractivity (Wildman–Crippen MR) is 306 cm³/mol. The van der Waals surface area contributed by atoms with E-state index >= 15 is 0 Å². The lowest BCUT2D eigenvalue weighted by Crippen LogP contribution is -2.43. The van der Waals surface area contributed by atoms with E-state index in [1.165, 1.54) is 54.4 Å². The molecule has 5 heterocycles. The van der Waals surface area contributed by atoms with Crippen LogP contribution in [0.3, 0.4) is 0 Å². The van der Waals surface area contributed by atoms with Crippen LogP contribution in [0.4, 0.5) is 17.3 Å². The summed E-state index contributed by atoms with van der Waals surface area (Å²) in [5.41, 5.74) is 17.0. The molecule has 0 unspecified atom stereocenters. The Kier molecular flexibility index (Phi) is 8.57. The van der Waals surface area contributed by atoms with Gasteiger partial charge in [-0.3, -0.25) is 9.47 Å². The second-order valence-corrected chi connectivity index (χ2v) is 19.5. The van der Waals surface area contributed by atoms with Gasteiger partial charge in [-0.2, -0.15) is 0 Å². The zero-order valence-electron chi connectivity index (χ0n) is 40.1. The molecule has 4 aromatic heterocycles. The minimum Gasteiger partial charge on any atom is -0.309 e. The molecular formula is C68H44N6. The third-order valence-corrected chi connectivity index (χ3v) is 15.8. The largest absolute Gasteiger partial charge is 0.309 e. The number of anilines is 3. The highest BCUT2D eigenvalue weighted by Gasteiger charge is 2.48. The molecule has 6 heteroatoms. The number of nitrogens with zero attached hydrogens (tertiary/aromatic N) is 6. The monoisotopic (exact) mass is 944 g/mol. The second kappa shape index (κ2) is 15.5. The molecule has 15 aromatic rings. The number of aromatic nitrogens is 5. The maximum Gasteiger partial charge on any atom is 0.217 e. The minimum absolute atomic E-state index is 0.789. The second-order valence-electron chi connectivity index (χ2n) is 19.5. The van der Waals surface area contributed by atoms with Crippen LogP contribution in [0, 0.1) is 0 Å². The zero-order chi connectivity index (χ0) is 48.5. The van der Waals surface area contributed by atoms with Crippen molar-refractivity contribution < 1.29 is 0 Å². The van der Waals surface area contributed by atoms with Crippen LogP contribution in [0.5, 0.6) is 0 Å². The standard InChI is InChI=1S/C68H44N6/c1-4-20-45(21-5-1)68(46-22-6-2-7-23-46)57-39-36-50(44-66(57)73(47-24-8-3-9-25-47)67-69-58-30-14-19-35-65(58)74(67)68)72-63-40-37-48(70-59-31-15-10-26-51(59)52-27-11-16-32-60(52)70)42-55(63)56-43-49(38-41-64(56)72)71-61-33-17-12-28-53(61)54-29-13-18-34-62(54)71/h1-44H. The Morgan fingerprint density at radius 1 is 0.284 bits per heavy atom. The maximum absolute atomic E-state index is 5.58. The Hall–Kier alpha value is -9.91. The molecule has 0 bridgehead atoms. The van der Waals surface area contributed by atoms with Gasteiger partial charge in [0.2, 0.25) is 5.95 Å². The van der Waals surface area contributed by atoms with Crippen molar-refractivity contribution in [2.24, 2.45) is 0 Å². The molecule has 0 amide bonds. The van der Waals surface area contributed by atoms with E-state index in [2.05, 4.69) is 290 Å². The Morgan fingerprint density at radius 2 is 0.662 bits per heavy atom. The minimum atomic E-state index is -0.789. The molecule has 346 valence electrons. The van der Waals surface area contributed by atoms with Gasteiger partial charge in [0, 0.05) is 60.6 Å². The molecule has 11 aromatic carbocycles. The van der Waals surface area contributed by atoms with Gasteiger partial charge in [0.05, 0.1) is 49.8 Å². The first-order valence-electron chi connectivity index (χ1n) is 25.4. The molecule has 0 N–H and O–H groups in total. The molecule has 0 radical (unpaired) electrons. The number of fused-ring (bicyclic) bond motifs is 13. The number of hydrogen-bond acceptors (Lipinski definition) is 2. The van der Waals surface area contributed by atoms with Gasteiger partial charge in [0.1, 0.15) is 5.54 Å².